The van der Waals surface area contributed by atoms with Gasteiger partial charge in [0.15, 0.2) is 0 Å². The van der Waals surface area contributed by atoms with Gasteiger partial charge in [-0.2, -0.15) is 0 Å². The van der Waals surface area contributed by atoms with Gasteiger partial charge < -0.3 is 5.11 Å². The third kappa shape index (κ3) is 10.9. The van der Waals surface area contributed by atoms with Crippen LogP contribution in [0.15, 0.2) is 0 Å². The molecule has 1 N–H and O–H groups in total. The predicted molar refractivity (Wildman–Crippen MR) is 51.4 cm³/mol. The average Bonchev–Trinajstić information content (AvgIpc) is 1.72. The van der Waals surface area contributed by atoms with Gasteiger partial charge >= 0.3 is 0 Å². The van der Waals surface area contributed by atoms with E-state index in [1.54, 1.807) is 0 Å². The fourth-order valence-corrected chi connectivity index (χ4v) is 0.547. The highest BCUT2D eigenvalue weighted by atomic mass is 16.3. The first-order chi connectivity index (χ1) is 3.35. The zero-order chi connectivity index (χ0) is 5.70. The molecule has 0 fully saturated rings. The summed E-state index contributed by atoms with van der Waals surface area (Å²) in [5.41, 5.74) is 0. The van der Waals surface area contributed by atoms with Gasteiger partial charge in [-0.3, -0.25) is 0 Å². The zero-order valence-corrected chi connectivity index (χ0v) is 5.15. The fraction of sp³-hybridized carbons (Fsp3) is 1.00. The van der Waals surface area contributed by atoms with Gasteiger partial charge in [0.1, 0.15) is 0 Å². The van der Waals surface area contributed by atoms with Gasteiger partial charge in [-0.15, -0.1) is 0 Å². The normalized spacial score (nSPS) is 7.20. The molecule has 0 aromatic rings. The van der Waals surface area contributed by atoms with Crippen molar-refractivity contribution in [3.8, 4) is 0 Å². The summed E-state index contributed by atoms with van der Waals surface area (Å²) in [6, 6.07) is 0. The van der Waals surface area contributed by atoms with Crippen molar-refractivity contribution in [3.63, 3.8) is 0 Å². The summed E-state index contributed by atoms with van der Waals surface area (Å²) in [6.45, 7) is 4.56. The van der Waals surface area contributed by atoms with Crippen molar-refractivity contribution < 1.29 is 5.11 Å². The third-order valence-corrected chi connectivity index (χ3v) is 1.41. The minimum absolute atomic E-state index is 0. The van der Waals surface area contributed by atoms with Crippen LogP contribution in [-0.2, 0) is 0 Å². The van der Waals surface area contributed by atoms with E-state index in [-0.39, 0.29) is 22.3 Å². The summed E-state index contributed by atoms with van der Waals surface area (Å²) in [7, 11) is 0. The smallest absolute Gasteiger partial charge is 0.0459 e. The van der Waals surface area contributed by atoms with E-state index in [9.17, 15) is 0 Å². The van der Waals surface area contributed by atoms with Crippen LogP contribution >= 0.6 is 0 Å². The first-order valence-corrected chi connectivity index (χ1v) is 2.96. The lowest BCUT2D eigenvalue weighted by Gasteiger charge is -2.04. The van der Waals surface area contributed by atoms with E-state index in [4.69, 9.17) is 5.11 Å². The molecule has 0 heterocycles. The van der Waals surface area contributed by atoms with Crippen LogP contribution in [0.3, 0.4) is 0 Å². The van der Waals surface area contributed by atoms with Gasteiger partial charge in [0.25, 0.3) is 0 Å². The van der Waals surface area contributed by atoms with E-state index < -0.39 is 0 Å². The second-order valence-electron chi connectivity index (χ2n) is 1.87. The molecule has 0 aromatic carbocycles. The molecule has 0 saturated carbocycles. The maximum atomic E-state index is 8.53. The molecule has 0 rings (SSSR count). The predicted octanol–water partition coefficient (Wildman–Crippen LogP) is 3.32. The van der Waals surface area contributed by atoms with Gasteiger partial charge in [-0.1, -0.05) is 49.0 Å². The third-order valence-electron chi connectivity index (χ3n) is 1.41. The highest BCUT2D eigenvalue weighted by molar-refractivity contribution is 4.48. The number of aliphatic hydroxyl groups is 1. The molecule has 0 bridgehead atoms. The summed E-state index contributed by atoms with van der Waals surface area (Å²) in [5.74, 6) is 0.542. The molecule has 0 spiro atoms. The minimum Gasteiger partial charge on any atom is -0.396 e. The van der Waals surface area contributed by atoms with Gasteiger partial charge in [0.05, 0.1) is 0 Å². The Morgan fingerprint density at radius 2 is 1.30 bits per heavy atom. The molecule has 10 heavy (non-hydrogen) atoms. The van der Waals surface area contributed by atoms with Gasteiger partial charge in [-0.25, -0.2) is 0 Å². The molecule has 1 heteroatoms. The second kappa shape index (κ2) is 16.0. The first-order valence-electron chi connectivity index (χ1n) is 2.96. The number of hydrogen-bond donors (Lipinski definition) is 1. The molecular formula is C9H26O. The fourth-order valence-electron chi connectivity index (χ4n) is 0.547. The molecule has 0 aliphatic heterocycles. The van der Waals surface area contributed by atoms with Crippen LogP contribution < -0.4 is 0 Å². The molecule has 0 amide bonds. The zero-order valence-electron chi connectivity index (χ0n) is 5.15. The summed E-state index contributed by atoms with van der Waals surface area (Å²) in [6.07, 6.45) is 2.21. The Kier molecular flexibility index (Phi) is 36.0. The van der Waals surface area contributed by atoms with Crippen LogP contribution in [0.1, 0.15) is 49.0 Å². The van der Waals surface area contributed by atoms with Gasteiger partial charge in [-0.05, 0) is 5.92 Å². The summed E-state index contributed by atoms with van der Waals surface area (Å²) in [4.78, 5) is 0. The van der Waals surface area contributed by atoms with Crippen LogP contribution in [0.2, 0.25) is 0 Å². The molecule has 0 aliphatic rings. The van der Waals surface area contributed by atoms with Gasteiger partial charge in [0.2, 0.25) is 0 Å². The van der Waals surface area contributed by atoms with Crippen molar-refractivity contribution in [3.05, 3.63) is 0 Å². The van der Waals surface area contributed by atoms with Crippen LogP contribution in [0.4, 0.5) is 0 Å². The Morgan fingerprint density at radius 3 is 1.30 bits per heavy atom. The minimum atomic E-state index is 0. The van der Waals surface area contributed by atoms with Crippen molar-refractivity contribution >= 4 is 0 Å². The average molecular weight is 150 g/mol. The molecule has 0 radical (unpaired) electrons. The van der Waals surface area contributed by atoms with E-state index in [1.807, 2.05) is 0 Å². The van der Waals surface area contributed by atoms with E-state index >= 15 is 0 Å². The standard InChI is InChI=1S/C6H14O.3CH4/c1-3-6(4-2)5-7;;;/h6-7H,3-5H2,1-2H3;3*1H4. The van der Waals surface area contributed by atoms with Gasteiger partial charge in [0, 0.05) is 6.61 Å². The first kappa shape index (κ1) is 22.5. The summed E-state index contributed by atoms with van der Waals surface area (Å²) in [5, 5.41) is 8.53. The second-order valence-corrected chi connectivity index (χ2v) is 1.87. The summed E-state index contributed by atoms with van der Waals surface area (Å²) < 4.78 is 0. The molecule has 0 atom stereocenters. The highest BCUT2D eigenvalue weighted by Gasteiger charge is 1.97. The van der Waals surface area contributed by atoms with Crippen LogP contribution in [0, 0.1) is 5.92 Å². The lowest BCUT2D eigenvalue weighted by molar-refractivity contribution is 0.219. The van der Waals surface area contributed by atoms with Crippen molar-refractivity contribution in [2.45, 2.75) is 49.0 Å². The Labute approximate surface area is 67.5 Å². The van der Waals surface area contributed by atoms with E-state index in [0.717, 1.165) is 12.8 Å². The van der Waals surface area contributed by atoms with Crippen molar-refractivity contribution in [1.82, 2.24) is 0 Å². The quantitative estimate of drug-likeness (QED) is 0.654. The highest BCUT2D eigenvalue weighted by Crippen LogP contribution is 2.03. The maximum Gasteiger partial charge on any atom is 0.0459 e. The molecule has 0 aliphatic carbocycles. The molecule has 0 aromatic heterocycles. The monoisotopic (exact) mass is 150 g/mol. The van der Waals surface area contributed by atoms with E-state index in [0.29, 0.717) is 12.5 Å². The van der Waals surface area contributed by atoms with Crippen LogP contribution in [0.5, 0.6) is 0 Å². The van der Waals surface area contributed by atoms with Crippen LogP contribution in [0.25, 0.3) is 0 Å². The molecule has 0 unspecified atom stereocenters. The SMILES string of the molecule is C.C.C.CCC(CC)CO. The number of aliphatic hydroxyl groups excluding tert-OH is 1. The molecule has 68 valence electrons. The largest absolute Gasteiger partial charge is 0.396 e. The Bertz CT molecular complexity index is 26.2. The Morgan fingerprint density at radius 1 is 1.00 bits per heavy atom. The number of rotatable bonds is 3. The Balaban J connectivity index is -0.0000000600. The van der Waals surface area contributed by atoms with Crippen LogP contribution in [-0.4, -0.2) is 11.7 Å². The molecule has 1 nitrogen and oxygen atoms in total. The molecule has 0 saturated heterocycles. The lowest BCUT2D eigenvalue weighted by atomic mass is 10.1. The van der Waals surface area contributed by atoms with Crippen molar-refractivity contribution in [2.75, 3.05) is 6.61 Å². The number of hydrogen-bond acceptors (Lipinski definition) is 1. The maximum absolute atomic E-state index is 8.53. The van der Waals surface area contributed by atoms with E-state index in [2.05, 4.69) is 13.8 Å². The topological polar surface area (TPSA) is 20.2 Å². The molecular weight excluding hydrogens is 124 g/mol. The Hall–Kier alpha value is -0.0400. The van der Waals surface area contributed by atoms with E-state index in [1.165, 1.54) is 0 Å². The van der Waals surface area contributed by atoms with Crippen molar-refractivity contribution in [1.29, 1.82) is 0 Å². The summed E-state index contributed by atoms with van der Waals surface area (Å²) >= 11 is 0. The lowest BCUT2D eigenvalue weighted by Crippen LogP contribution is -2.01. The van der Waals surface area contributed by atoms with Crippen molar-refractivity contribution in [2.24, 2.45) is 5.92 Å².